The molecule has 0 spiro atoms. The van der Waals surface area contributed by atoms with Crippen molar-refractivity contribution in [3.05, 3.63) is 142 Å². The molecule has 0 aliphatic carbocycles. The zero-order chi connectivity index (χ0) is 42.9. The Labute approximate surface area is 350 Å². The van der Waals surface area contributed by atoms with E-state index in [-0.39, 0.29) is 27.4 Å². The number of nitrogens with zero attached hydrogens (tertiary/aromatic N) is 2. The van der Waals surface area contributed by atoms with Crippen LogP contribution in [0, 0.1) is 0 Å². The minimum Gasteiger partial charge on any atom is -0.478 e. The summed E-state index contributed by atoms with van der Waals surface area (Å²) in [4.78, 5) is 42.1. The molecular formula is C52H50N4O4. The van der Waals surface area contributed by atoms with Gasteiger partial charge in [-0.15, -0.1) is 0 Å². The normalized spacial score (nSPS) is 12.9. The first kappa shape index (κ1) is 40.0. The van der Waals surface area contributed by atoms with Crippen LogP contribution in [0.5, 0.6) is 0 Å². The molecule has 0 saturated carbocycles. The van der Waals surface area contributed by atoms with Crippen molar-refractivity contribution in [2.24, 2.45) is 0 Å². The van der Waals surface area contributed by atoms with Crippen LogP contribution in [0.4, 0.5) is 0 Å². The van der Waals surface area contributed by atoms with Gasteiger partial charge in [-0.05, 0) is 135 Å². The molecule has 8 rings (SSSR count). The first-order valence-corrected chi connectivity index (χ1v) is 20.3. The Morgan fingerprint density at radius 1 is 0.417 bits per heavy atom. The lowest BCUT2D eigenvalue weighted by Crippen LogP contribution is -2.15. The van der Waals surface area contributed by atoms with Crippen LogP contribution in [-0.2, 0) is 16.2 Å². The lowest BCUT2D eigenvalue weighted by Gasteiger charge is -2.21. The van der Waals surface area contributed by atoms with Gasteiger partial charge in [-0.1, -0.05) is 86.6 Å². The van der Waals surface area contributed by atoms with Gasteiger partial charge >= 0.3 is 11.9 Å². The van der Waals surface area contributed by atoms with Crippen molar-refractivity contribution in [2.45, 2.75) is 78.6 Å². The smallest absolute Gasteiger partial charge is 0.335 e. The third kappa shape index (κ3) is 7.50. The van der Waals surface area contributed by atoms with Gasteiger partial charge in [-0.2, -0.15) is 0 Å². The van der Waals surface area contributed by atoms with Crippen molar-refractivity contribution in [3.8, 4) is 33.4 Å². The van der Waals surface area contributed by atoms with E-state index >= 15 is 0 Å². The van der Waals surface area contributed by atoms with E-state index in [1.165, 1.54) is 0 Å². The van der Waals surface area contributed by atoms with Gasteiger partial charge in [0.25, 0.3) is 0 Å². The molecule has 6 aromatic rings. The molecule has 2 aliphatic heterocycles. The van der Waals surface area contributed by atoms with Crippen molar-refractivity contribution in [1.82, 2.24) is 19.9 Å². The zero-order valence-electron chi connectivity index (χ0n) is 35.6. The van der Waals surface area contributed by atoms with Gasteiger partial charge < -0.3 is 20.2 Å². The Balaban J connectivity index is 1.52. The van der Waals surface area contributed by atoms with Crippen molar-refractivity contribution >= 4 is 58.3 Å². The van der Waals surface area contributed by atoms with Crippen LogP contribution in [-0.4, -0.2) is 42.1 Å². The van der Waals surface area contributed by atoms with Crippen LogP contribution >= 0.6 is 0 Å². The highest BCUT2D eigenvalue weighted by Crippen LogP contribution is 2.41. The highest BCUT2D eigenvalue weighted by molar-refractivity contribution is 5.96. The summed E-state index contributed by atoms with van der Waals surface area (Å²) in [6.07, 6.45) is 8.46. The standard InChI is InChI=1S/C52H50N4O4/c1-50(2,3)45-38-20-18-36(53-38)44(35-27-33(29-10-14-31(15-11-29)48(57)58)26-34(28-35)30-12-16-32(17-13-30)49(59)60)37-19-21-39(54-37)46(51(4,5)6)41-23-25-43(56-41)47(52(7,8)9)42-24-22-40(45)55-42/h10-28,53,56H,1-9H3,(H,57,58)(H,59,60). The average Bonchev–Trinajstić information content (AvgIpc) is 4.01. The minimum atomic E-state index is -0.994. The molecule has 0 unspecified atom stereocenters. The first-order chi connectivity index (χ1) is 28.3. The van der Waals surface area contributed by atoms with Crippen molar-refractivity contribution in [1.29, 1.82) is 0 Å². The predicted molar refractivity (Wildman–Crippen MR) is 245 cm³/mol. The molecule has 0 radical (unpaired) electrons. The summed E-state index contributed by atoms with van der Waals surface area (Å²) in [6, 6.07) is 28.6. The van der Waals surface area contributed by atoms with Gasteiger partial charge in [-0.25, -0.2) is 19.6 Å². The maximum Gasteiger partial charge on any atom is 0.335 e. The number of aromatic carboxylic acids is 2. The van der Waals surface area contributed by atoms with Crippen molar-refractivity contribution in [3.63, 3.8) is 0 Å². The topological polar surface area (TPSA) is 132 Å². The molecular weight excluding hydrogens is 745 g/mol. The quantitative estimate of drug-likeness (QED) is 0.137. The van der Waals surface area contributed by atoms with Crippen LogP contribution in [0.1, 0.15) is 122 Å². The molecule has 2 aliphatic rings. The lowest BCUT2D eigenvalue weighted by molar-refractivity contribution is 0.0686. The van der Waals surface area contributed by atoms with E-state index in [2.05, 4.69) is 139 Å². The van der Waals surface area contributed by atoms with Crippen LogP contribution in [0.2, 0.25) is 0 Å². The molecule has 0 amide bonds. The van der Waals surface area contributed by atoms with Crippen LogP contribution in [0.25, 0.3) is 79.8 Å². The number of aromatic amines is 2. The van der Waals surface area contributed by atoms with Gasteiger partial charge in [-0.3, -0.25) is 0 Å². The Morgan fingerprint density at radius 3 is 1.10 bits per heavy atom. The van der Waals surface area contributed by atoms with E-state index in [0.717, 1.165) is 94.9 Å². The molecule has 0 atom stereocenters. The van der Waals surface area contributed by atoms with E-state index in [1.54, 1.807) is 24.3 Å². The second-order valence-corrected chi connectivity index (χ2v) is 18.8. The summed E-state index contributed by atoms with van der Waals surface area (Å²) < 4.78 is 0. The summed E-state index contributed by atoms with van der Waals surface area (Å²) in [7, 11) is 0. The summed E-state index contributed by atoms with van der Waals surface area (Å²) in [5, 5.41) is 19.3. The van der Waals surface area contributed by atoms with Crippen molar-refractivity contribution in [2.75, 3.05) is 0 Å². The number of benzene rings is 3. The summed E-state index contributed by atoms with van der Waals surface area (Å²) in [5.41, 5.74) is 15.4. The molecule has 5 heterocycles. The number of H-pyrrole nitrogens is 2. The van der Waals surface area contributed by atoms with E-state index < -0.39 is 11.9 Å². The molecule has 4 N–H and O–H groups in total. The fourth-order valence-electron chi connectivity index (χ4n) is 8.59. The molecule has 60 heavy (non-hydrogen) atoms. The SMILES string of the molecule is CC(C)(C)c1c2nc(c(C(C)(C)C)c3ccc([nH]3)c(C(C)(C)C)c3nc(c(-c4cc(-c5ccc(C(=O)O)cc5)cc(-c5ccc(C(=O)O)cc5)c4)c4ccc1[nH]4)C=C3)C=C2. The number of nitrogens with one attached hydrogen (secondary N) is 2. The van der Waals surface area contributed by atoms with E-state index in [1.807, 2.05) is 24.3 Å². The summed E-state index contributed by atoms with van der Waals surface area (Å²) in [5.74, 6) is -1.99. The number of hydrogen-bond acceptors (Lipinski definition) is 4. The molecule has 8 nitrogen and oxygen atoms in total. The van der Waals surface area contributed by atoms with E-state index in [0.29, 0.717) is 0 Å². The number of aromatic nitrogens is 4. The van der Waals surface area contributed by atoms with E-state index in [4.69, 9.17) is 9.97 Å². The Kier molecular flexibility index (Phi) is 9.66. The molecule has 0 saturated heterocycles. The van der Waals surface area contributed by atoms with Gasteiger partial charge in [0.15, 0.2) is 0 Å². The minimum absolute atomic E-state index is 0.198. The number of carboxylic acids is 2. The fourth-order valence-corrected chi connectivity index (χ4v) is 8.59. The Hall–Kier alpha value is -6.80. The Bertz CT molecular complexity index is 2870. The van der Waals surface area contributed by atoms with Gasteiger partial charge in [0.05, 0.1) is 33.9 Å². The van der Waals surface area contributed by atoms with Gasteiger partial charge in [0.1, 0.15) is 0 Å². The molecule has 8 bridgehead atoms. The van der Waals surface area contributed by atoms with Gasteiger partial charge in [0.2, 0.25) is 0 Å². The number of rotatable bonds is 5. The van der Waals surface area contributed by atoms with Crippen LogP contribution in [0.15, 0.2) is 91.0 Å². The molecule has 0 fully saturated rings. The maximum absolute atomic E-state index is 11.8. The highest BCUT2D eigenvalue weighted by atomic mass is 16.4. The third-order valence-electron chi connectivity index (χ3n) is 11.2. The first-order valence-electron chi connectivity index (χ1n) is 20.3. The second-order valence-electron chi connectivity index (χ2n) is 18.8. The predicted octanol–water partition coefficient (Wildman–Crippen LogP) is 12.9. The maximum atomic E-state index is 11.8. The Morgan fingerprint density at radius 2 is 0.733 bits per heavy atom. The number of carboxylic acid groups (broad SMARTS) is 2. The van der Waals surface area contributed by atoms with Crippen LogP contribution in [0.3, 0.4) is 0 Å². The highest BCUT2D eigenvalue weighted by Gasteiger charge is 2.27. The zero-order valence-corrected chi connectivity index (χ0v) is 35.6. The largest absolute Gasteiger partial charge is 0.478 e. The summed E-state index contributed by atoms with van der Waals surface area (Å²) >= 11 is 0. The number of hydrogen-bond donors (Lipinski definition) is 4. The number of fused-ring (bicyclic) bond motifs is 8. The summed E-state index contributed by atoms with van der Waals surface area (Å²) in [6.45, 7) is 20.0. The van der Waals surface area contributed by atoms with E-state index in [9.17, 15) is 19.8 Å². The third-order valence-corrected chi connectivity index (χ3v) is 11.2. The number of carbonyl (C=O) groups is 2. The monoisotopic (exact) mass is 794 g/mol. The lowest BCUT2D eigenvalue weighted by atomic mass is 9.85. The van der Waals surface area contributed by atoms with Gasteiger partial charge in [0, 0.05) is 44.3 Å². The molecule has 302 valence electrons. The fraction of sp³-hybridized carbons (Fsp3) is 0.231. The molecule has 3 aromatic heterocycles. The molecule has 3 aromatic carbocycles. The van der Waals surface area contributed by atoms with Crippen LogP contribution < -0.4 is 0 Å². The average molecular weight is 795 g/mol. The molecule has 8 heteroatoms. The second kappa shape index (κ2) is 14.5. The van der Waals surface area contributed by atoms with Crippen molar-refractivity contribution < 1.29 is 19.8 Å².